The molecule has 1 aliphatic rings. The highest BCUT2D eigenvalue weighted by Gasteiger charge is 2.44. The summed E-state index contributed by atoms with van der Waals surface area (Å²) < 4.78 is 11.8. The number of benzene rings is 3. The van der Waals surface area contributed by atoms with Crippen molar-refractivity contribution >= 4 is 11.6 Å². The summed E-state index contributed by atoms with van der Waals surface area (Å²) in [5, 5.41) is 3.21. The highest BCUT2D eigenvalue weighted by molar-refractivity contribution is 5.94. The molecule has 4 heteroatoms. The fourth-order valence-corrected chi connectivity index (χ4v) is 4.92. The molecule has 4 nitrogen and oxygen atoms in total. The maximum Gasteiger partial charge on any atom is 0.228 e. The van der Waals surface area contributed by atoms with Crippen molar-refractivity contribution in [3.8, 4) is 11.5 Å². The van der Waals surface area contributed by atoms with Crippen LogP contribution in [0.25, 0.3) is 0 Å². The number of methoxy groups -OCH3 is 1. The Bertz CT molecular complexity index is 1190. The maximum absolute atomic E-state index is 13.0. The van der Waals surface area contributed by atoms with Gasteiger partial charge >= 0.3 is 0 Å². The second-order valence-corrected chi connectivity index (χ2v) is 9.62. The first-order chi connectivity index (χ1) is 15.6. The van der Waals surface area contributed by atoms with Gasteiger partial charge in [-0.2, -0.15) is 0 Å². The Balaban J connectivity index is 1.71. The van der Waals surface area contributed by atoms with Gasteiger partial charge in [-0.1, -0.05) is 42.0 Å². The van der Waals surface area contributed by atoms with Gasteiger partial charge in [-0.25, -0.2) is 0 Å². The molecule has 1 unspecified atom stereocenters. The lowest BCUT2D eigenvalue weighted by atomic mass is 9.78. The van der Waals surface area contributed by atoms with Crippen LogP contribution in [-0.4, -0.2) is 18.6 Å². The first kappa shape index (κ1) is 22.9. The number of carbonyl (C=O) groups is 1. The van der Waals surface area contributed by atoms with Crippen LogP contribution >= 0.6 is 0 Å². The topological polar surface area (TPSA) is 47.6 Å². The van der Waals surface area contributed by atoms with Crippen molar-refractivity contribution in [1.29, 1.82) is 0 Å². The van der Waals surface area contributed by atoms with Crippen molar-refractivity contribution in [3.05, 3.63) is 87.5 Å². The summed E-state index contributed by atoms with van der Waals surface area (Å²) in [7, 11) is 1.64. The molecule has 33 heavy (non-hydrogen) atoms. The molecule has 0 aliphatic carbocycles. The molecule has 4 rings (SSSR count). The van der Waals surface area contributed by atoms with Gasteiger partial charge in [-0.15, -0.1) is 0 Å². The predicted molar refractivity (Wildman–Crippen MR) is 134 cm³/mol. The van der Waals surface area contributed by atoms with Gasteiger partial charge in [0.2, 0.25) is 5.91 Å². The second kappa shape index (κ2) is 8.58. The largest absolute Gasteiger partial charge is 0.497 e. The first-order valence-corrected chi connectivity index (χ1v) is 11.4. The van der Waals surface area contributed by atoms with Crippen LogP contribution in [0.4, 0.5) is 5.69 Å². The Morgan fingerprint density at radius 2 is 1.58 bits per heavy atom. The number of rotatable bonds is 5. The predicted octanol–water partition coefficient (Wildman–Crippen LogP) is 6.41. The van der Waals surface area contributed by atoms with E-state index in [4.69, 9.17) is 9.47 Å². The molecule has 0 bridgehead atoms. The van der Waals surface area contributed by atoms with Crippen molar-refractivity contribution in [2.24, 2.45) is 0 Å². The average Bonchev–Trinajstić information content (AvgIpc) is 3.07. The molecular weight excluding hydrogens is 410 g/mol. The molecule has 1 amide bonds. The van der Waals surface area contributed by atoms with Crippen LogP contribution < -0.4 is 14.8 Å². The molecular formula is C29H33NO3. The van der Waals surface area contributed by atoms with E-state index in [-0.39, 0.29) is 17.4 Å². The van der Waals surface area contributed by atoms with E-state index in [1.54, 1.807) is 7.11 Å². The number of amides is 1. The van der Waals surface area contributed by atoms with Crippen molar-refractivity contribution in [3.63, 3.8) is 0 Å². The lowest BCUT2D eigenvalue weighted by Gasteiger charge is -2.27. The average molecular weight is 444 g/mol. The Kier molecular flexibility index (Phi) is 5.96. The van der Waals surface area contributed by atoms with Crippen molar-refractivity contribution in [2.75, 3.05) is 12.4 Å². The third kappa shape index (κ3) is 4.22. The van der Waals surface area contributed by atoms with Gasteiger partial charge in [0.05, 0.1) is 19.4 Å². The molecule has 1 aliphatic heterocycles. The van der Waals surface area contributed by atoms with Gasteiger partial charge in [0.1, 0.15) is 17.1 Å². The van der Waals surface area contributed by atoms with Crippen molar-refractivity contribution in [1.82, 2.24) is 0 Å². The number of anilines is 1. The molecule has 0 radical (unpaired) electrons. The van der Waals surface area contributed by atoms with Crippen LogP contribution in [0.3, 0.4) is 0 Å². The molecule has 3 aromatic carbocycles. The summed E-state index contributed by atoms with van der Waals surface area (Å²) >= 11 is 0. The van der Waals surface area contributed by atoms with Crippen LogP contribution in [0, 0.1) is 27.7 Å². The first-order valence-electron chi connectivity index (χ1n) is 11.4. The van der Waals surface area contributed by atoms with Crippen LogP contribution in [-0.2, 0) is 11.2 Å². The van der Waals surface area contributed by atoms with Crippen LogP contribution in [0.1, 0.15) is 58.7 Å². The number of hydrogen-bond donors (Lipinski definition) is 1. The molecule has 3 aromatic rings. The highest BCUT2D eigenvalue weighted by Crippen LogP contribution is 2.53. The van der Waals surface area contributed by atoms with E-state index in [2.05, 4.69) is 71.1 Å². The number of fused-ring (bicyclic) bond motifs is 1. The number of aryl methyl sites for hydroxylation is 1. The maximum atomic E-state index is 13.0. The van der Waals surface area contributed by atoms with Gasteiger partial charge in [0, 0.05) is 11.3 Å². The van der Waals surface area contributed by atoms with E-state index >= 15 is 0 Å². The van der Waals surface area contributed by atoms with E-state index in [0.29, 0.717) is 6.42 Å². The molecule has 0 spiro atoms. The zero-order chi connectivity index (χ0) is 23.9. The molecule has 1 N–H and O–H groups in total. The Labute approximate surface area is 196 Å². The summed E-state index contributed by atoms with van der Waals surface area (Å²) in [5.41, 5.74) is 8.30. The Morgan fingerprint density at radius 1 is 0.939 bits per heavy atom. The van der Waals surface area contributed by atoms with E-state index in [1.807, 2.05) is 24.3 Å². The Morgan fingerprint density at radius 3 is 2.18 bits per heavy atom. The monoisotopic (exact) mass is 443 g/mol. The van der Waals surface area contributed by atoms with Crippen LogP contribution in [0.5, 0.6) is 11.5 Å². The van der Waals surface area contributed by atoms with Gasteiger partial charge in [-0.05, 0) is 81.5 Å². The number of carbonyl (C=O) groups excluding carboxylic acids is 1. The van der Waals surface area contributed by atoms with Crippen molar-refractivity contribution < 1.29 is 14.3 Å². The van der Waals surface area contributed by atoms with Crippen molar-refractivity contribution in [2.45, 2.75) is 59.5 Å². The standard InChI is InChI=1S/C29H33NO3/c1-17-8-12-22(13-9-17)26-25-20(4)27(18(2)19(3)28(25)33-29(26,5)6)30-24(31)16-21-10-14-23(32-7)15-11-21/h8-15,26H,16H2,1-7H3,(H,30,31). The lowest BCUT2D eigenvalue weighted by Crippen LogP contribution is -2.31. The fourth-order valence-electron chi connectivity index (χ4n) is 4.92. The van der Waals surface area contributed by atoms with Crippen LogP contribution in [0.15, 0.2) is 48.5 Å². The summed E-state index contributed by atoms with van der Waals surface area (Å²) in [5.74, 6) is 1.79. The number of hydrogen-bond acceptors (Lipinski definition) is 3. The number of nitrogens with one attached hydrogen (secondary N) is 1. The molecule has 0 aromatic heterocycles. The Hall–Kier alpha value is -3.27. The van der Waals surface area contributed by atoms with Gasteiger partial charge < -0.3 is 14.8 Å². The second-order valence-electron chi connectivity index (χ2n) is 9.62. The zero-order valence-electron chi connectivity index (χ0n) is 20.6. The highest BCUT2D eigenvalue weighted by atomic mass is 16.5. The molecule has 0 saturated heterocycles. The lowest BCUT2D eigenvalue weighted by molar-refractivity contribution is -0.115. The quantitative estimate of drug-likeness (QED) is 0.495. The molecule has 172 valence electrons. The third-order valence-electron chi connectivity index (χ3n) is 6.85. The summed E-state index contributed by atoms with van der Waals surface area (Å²) in [6.07, 6.45) is 0.308. The number of ether oxygens (including phenoxy) is 2. The minimum Gasteiger partial charge on any atom is -0.497 e. The van der Waals surface area contributed by atoms with E-state index in [9.17, 15) is 4.79 Å². The van der Waals surface area contributed by atoms with Gasteiger partial charge in [0.25, 0.3) is 0 Å². The van der Waals surface area contributed by atoms with E-state index in [0.717, 1.165) is 39.4 Å². The van der Waals surface area contributed by atoms with E-state index in [1.165, 1.54) is 16.7 Å². The normalized spacial score (nSPS) is 16.2. The SMILES string of the molecule is COc1ccc(CC(=O)Nc2c(C)c(C)c3c(c2C)C(c2ccc(C)cc2)C(C)(C)O3)cc1. The summed E-state index contributed by atoms with van der Waals surface area (Å²) in [6.45, 7) is 12.6. The third-order valence-corrected chi connectivity index (χ3v) is 6.85. The smallest absolute Gasteiger partial charge is 0.228 e. The minimum atomic E-state index is -0.384. The molecule has 1 atom stereocenters. The van der Waals surface area contributed by atoms with Crippen LogP contribution in [0.2, 0.25) is 0 Å². The molecule has 1 heterocycles. The summed E-state index contributed by atoms with van der Waals surface area (Å²) in [4.78, 5) is 13.0. The minimum absolute atomic E-state index is 0.0317. The van der Waals surface area contributed by atoms with Gasteiger partial charge in [0.15, 0.2) is 0 Å². The van der Waals surface area contributed by atoms with E-state index < -0.39 is 0 Å². The molecule has 0 saturated carbocycles. The fraction of sp³-hybridized carbons (Fsp3) is 0.345. The molecule has 0 fully saturated rings. The summed E-state index contributed by atoms with van der Waals surface area (Å²) in [6, 6.07) is 16.3. The zero-order valence-corrected chi connectivity index (χ0v) is 20.6. The van der Waals surface area contributed by atoms with Gasteiger partial charge in [-0.3, -0.25) is 4.79 Å².